The van der Waals surface area contributed by atoms with E-state index in [4.69, 9.17) is 10.5 Å². The summed E-state index contributed by atoms with van der Waals surface area (Å²) >= 11 is 0. The lowest BCUT2D eigenvalue weighted by Gasteiger charge is -2.11. The van der Waals surface area contributed by atoms with Gasteiger partial charge in [-0.2, -0.15) is 0 Å². The largest absolute Gasteiger partial charge is 0.398 e. The molecule has 0 aliphatic carbocycles. The number of pyridine rings is 1. The van der Waals surface area contributed by atoms with E-state index in [-0.39, 0.29) is 5.91 Å². The maximum absolute atomic E-state index is 12.6. The van der Waals surface area contributed by atoms with Crippen molar-refractivity contribution >= 4 is 22.5 Å². The van der Waals surface area contributed by atoms with Crippen LogP contribution in [0.2, 0.25) is 0 Å². The smallest absolute Gasteiger partial charge is 0.251 e. The number of fused-ring (bicyclic) bond motifs is 1. The fourth-order valence-electron chi connectivity index (χ4n) is 3.93. The maximum atomic E-state index is 12.6. The highest BCUT2D eigenvalue weighted by molar-refractivity contribution is 6.01. The normalized spacial score (nSPS) is 16.2. The fourth-order valence-corrected chi connectivity index (χ4v) is 3.93. The lowest BCUT2D eigenvalue weighted by Crippen LogP contribution is -2.24. The molecule has 2 aromatic carbocycles. The number of para-hydroxylation sites is 1. The minimum Gasteiger partial charge on any atom is -0.398 e. The molecule has 1 aromatic heterocycles. The fraction of sp³-hybridized carbons (Fsp3) is 0.333. The molecule has 1 fully saturated rings. The molecule has 4 rings (SSSR count). The van der Waals surface area contributed by atoms with Crippen LogP contribution in [-0.4, -0.2) is 30.1 Å². The zero-order valence-electron chi connectivity index (χ0n) is 16.6. The summed E-state index contributed by atoms with van der Waals surface area (Å²) in [5, 5.41) is 3.96. The van der Waals surface area contributed by atoms with Crippen molar-refractivity contribution in [3.8, 4) is 11.1 Å². The summed E-state index contributed by atoms with van der Waals surface area (Å²) in [6.45, 7) is 1.58. The zero-order valence-corrected chi connectivity index (χ0v) is 16.6. The van der Waals surface area contributed by atoms with Crippen molar-refractivity contribution in [3.63, 3.8) is 0 Å². The Morgan fingerprint density at radius 3 is 2.93 bits per heavy atom. The van der Waals surface area contributed by atoms with E-state index in [1.54, 1.807) is 12.3 Å². The second-order valence-corrected chi connectivity index (χ2v) is 7.57. The number of anilines is 1. The van der Waals surface area contributed by atoms with Gasteiger partial charge in [0.1, 0.15) is 0 Å². The summed E-state index contributed by atoms with van der Waals surface area (Å²) in [6, 6.07) is 15.4. The van der Waals surface area contributed by atoms with Gasteiger partial charge in [0.15, 0.2) is 0 Å². The van der Waals surface area contributed by atoms with Crippen molar-refractivity contribution in [2.45, 2.75) is 38.2 Å². The average molecular weight is 389 g/mol. The van der Waals surface area contributed by atoms with Gasteiger partial charge in [-0.25, -0.2) is 0 Å². The molecule has 0 unspecified atom stereocenters. The SMILES string of the molecule is Nc1ccnc2c(-c3cccc(C(=O)NCCCC[C@@H]4CCCO4)c3)cccc12. The Labute approximate surface area is 171 Å². The van der Waals surface area contributed by atoms with E-state index in [0.717, 1.165) is 47.9 Å². The van der Waals surface area contributed by atoms with Gasteiger partial charge in [-0.3, -0.25) is 9.78 Å². The number of benzene rings is 2. The number of carbonyl (C=O) groups is 1. The van der Waals surface area contributed by atoms with E-state index in [1.807, 2.05) is 42.5 Å². The second-order valence-electron chi connectivity index (χ2n) is 7.57. The summed E-state index contributed by atoms with van der Waals surface area (Å²) in [5.41, 5.74) is 10.2. The zero-order chi connectivity index (χ0) is 20.1. The van der Waals surface area contributed by atoms with Gasteiger partial charge in [0.05, 0.1) is 11.6 Å². The molecule has 1 amide bonds. The first-order valence-electron chi connectivity index (χ1n) is 10.4. The number of hydrogen-bond donors (Lipinski definition) is 2. The van der Waals surface area contributed by atoms with Crippen LogP contribution in [0, 0.1) is 0 Å². The van der Waals surface area contributed by atoms with E-state index in [0.29, 0.717) is 23.9 Å². The molecule has 1 atom stereocenters. The van der Waals surface area contributed by atoms with Crippen molar-refractivity contribution < 1.29 is 9.53 Å². The Hall–Kier alpha value is -2.92. The molecule has 0 spiro atoms. The highest BCUT2D eigenvalue weighted by atomic mass is 16.5. The van der Waals surface area contributed by atoms with Gasteiger partial charge in [-0.15, -0.1) is 0 Å². The minimum absolute atomic E-state index is 0.0447. The summed E-state index contributed by atoms with van der Waals surface area (Å²) in [6.07, 6.45) is 7.62. The Bertz CT molecular complexity index is 996. The minimum atomic E-state index is -0.0447. The first kappa shape index (κ1) is 19.4. The van der Waals surface area contributed by atoms with Crippen LogP contribution in [0.15, 0.2) is 54.7 Å². The first-order valence-corrected chi connectivity index (χ1v) is 10.4. The van der Waals surface area contributed by atoms with Gasteiger partial charge >= 0.3 is 0 Å². The van der Waals surface area contributed by atoms with Crippen LogP contribution in [0.5, 0.6) is 0 Å². The van der Waals surface area contributed by atoms with Gasteiger partial charge in [-0.1, -0.05) is 30.3 Å². The number of nitrogens with one attached hydrogen (secondary N) is 1. The number of aromatic nitrogens is 1. The molecule has 0 bridgehead atoms. The van der Waals surface area contributed by atoms with Crippen LogP contribution in [0.3, 0.4) is 0 Å². The molecule has 0 saturated carbocycles. The van der Waals surface area contributed by atoms with Crippen molar-refractivity contribution in [3.05, 3.63) is 60.3 Å². The van der Waals surface area contributed by atoms with Crippen LogP contribution in [-0.2, 0) is 4.74 Å². The van der Waals surface area contributed by atoms with E-state index in [2.05, 4.69) is 10.3 Å². The number of nitrogens with two attached hydrogens (primary N) is 1. The molecule has 150 valence electrons. The Morgan fingerprint density at radius 2 is 2.07 bits per heavy atom. The molecule has 1 saturated heterocycles. The van der Waals surface area contributed by atoms with Crippen LogP contribution < -0.4 is 11.1 Å². The van der Waals surface area contributed by atoms with Gasteiger partial charge in [-0.05, 0) is 55.9 Å². The maximum Gasteiger partial charge on any atom is 0.251 e. The third kappa shape index (κ3) is 4.57. The van der Waals surface area contributed by atoms with E-state index in [9.17, 15) is 4.79 Å². The van der Waals surface area contributed by atoms with Crippen LogP contribution in [0.4, 0.5) is 5.69 Å². The monoisotopic (exact) mass is 389 g/mol. The Balaban J connectivity index is 1.41. The summed E-state index contributed by atoms with van der Waals surface area (Å²) in [4.78, 5) is 17.1. The molecule has 2 heterocycles. The Kier molecular flexibility index (Phi) is 6.06. The molecule has 1 aliphatic heterocycles. The third-order valence-corrected chi connectivity index (χ3v) is 5.50. The van der Waals surface area contributed by atoms with Crippen molar-refractivity contribution in [2.24, 2.45) is 0 Å². The number of unbranched alkanes of at least 4 members (excludes halogenated alkanes) is 1. The lowest BCUT2D eigenvalue weighted by atomic mass is 9.99. The lowest BCUT2D eigenvalue weighted by molar-refractivity contribution is 0.0947. The molecule has 29 heavy (non-hydrogen) atoms. The highest BCUT2D eigenvalue weighted by Gasteiger charge is 2.14. The number of rotatable bonds is 7. The van der Waals surface area contributed by atoms with Gasteiger partial charge < -0.3 is 15.8 Å². The number of nitrogen functional groups attached to an aromatic ring is 1. The van der Waals surface area contributed by atoms with Crippen molar-refractivity contribution in [1.82, 2.24) is 10.3 Å². The summed E-state index contributed by atoms with van der Waals surface area (Å²) in [5.74, 6) is -0.0447. The van der Waals surface area contributed by atoms with Crippen molar-refractivity contribution in [2.75, 3.05) is 18.9 Å². The molecular formula is C24H27N3O2. The second kappa shape index (κ2) is 9.05. The Morgan fingerprint density at radius 1 is 1.17 bits per heavy atom. The van der Waals surface area contributed by atoms with Crippen LogP contribution in [0.1, 0.15) is 42.5 Å². The number of carbonyl (C=O) groups excluding carboxylic acids is 1. The molecule has 5 nitrogen and oxygen atoms in total. The van der Waals surface area contributed by atoms with Crippen molar-refractivity contribution in [1.29, 1.82) is 0 Å². The van der Waals surface area contributed by atoms with Crippen LogP contribution in [0.25, 0.3) is 22.0 Å². The van der Waals surface area contributed by atoms with Gasteiger partial charge in [0, 0.05) is 41.5 Å². The molecule has 3 N–H and O–H groups in total. The standard InChI is InChI=1S/C24H27N3O2/c25-22-12-14-26-23-20(10-4-11-21(22)23)17-6-3-7-18(16-17)24(28)27-13-2-1-8-19-9-5-15-29-19/h3-4,6-7,10-12,14,16,19H,1-2,5,8-9,13,15H2,(H2,25,26)(H,27,28)/t19-/m1/s1. The van der Waals surface area contributed by atoms with E-state index in [1.165, 1.54) is 12.8 Å². The molecule has 1 aliphatic rings. The first-order chi connectivity index (χ1) is 14.2. The molecule has 5 heteroatoms. The topological polar surface area (TPSA) is 77.2 Å². The van der Waals surface area contributed by atoms with Gasteiger partial charge in [0.25, 0.3) is 5.91 Å². The molecule has 0 radical (unpaired) electrons. The quantitative estimate of drug-likeness (QED) is 0.581. The predicted octanol–water partition coefficient (Wildman–Crippen LogP) is 4.56. The summed E-state index contributed by atoms with van der Waals surface area (Å²) in [7, 11) is 0. The third-order valence-electron chi connectivity index (χ3n) is 5.50. The number of nitrogens with zero attached hydrogens (tertiary/aromatic N) is 1. The molecular weight excluding hydrogens is 362 g/mol. The van der Waals surface area contributed by atoms with Gasteiger partial charge in [0.2, 0.25) is 0 Å². The number of amides is 1. The van der Waals surface area contributed by atoms with E-state index < -0.39 is 0 Å². The predicted molar refractivity (Wildman–Crippen MR) is 117 cm³/mol. The number of ether oxygens (including phenoxy) is 1. The van der Waals surface area contributed by atoms with E-state index >= 15 is 0 Å². The average Bonchev–Trinajstić information content (AvgIpc) is 3.27. The molecule has 3 aromatic rings. The highest BCUT2D eigenvalue weighted by Crippen LogP contribution is 2.30. The summed E-state index contributed by atoms with van der Waals surface area (Å²) < 4.78 is 5.64. The number of hydrogen-bond acceptors (Lipinski definition) is 4. The van der Waals surface area contributed by atoms with Crippen LogP contribution >= 0.6 is 0 Å².